The first-order valence-corrected chi connectivity index (χ1v) is 11.4. The van der Waals surface area contributed by atoms with Crippen LogP contribution in [0.2, 0.25) is 0 Å². The predicted octanol–water partition coefficient (Wildman–Crippen LogP) is 1.55. The van der Waals surface area contributed by atoms with E-state index in [9.17, 15) is 23.9 Å². The van der Waals surface area contributed by atoms with Gasteiger partial charge in [-0.3, -0.25) is 9.59 Å². The number of hydrogen-bond donors (Lipinski definition) is 2. The molecule has 2 aromatic rings. The van der Waals surface area contributed by atoms with Crippen molar-refractivity contribution in [3.63, 3.8) is 0 Å². The third kappa shape index (κ3) is 4.40. The molecule has 1 saturated carbocycles. The Morgan fingerprint density at radius 3 is 2.48 bits per heavy atom. The van der Waals surface area contributed by atoms with Crippen molar-refractivity contribution < 1.29 is 24.2 Å². The summed E-state index contributed by atoms with van der Waals surface area (Å²) in [5, 5.41) is 18.3. The van der Waals surface area contributed by atoms with E-state index in [0.717, 1.165) is 18.9 Å². The fourth-order valence-electron chi connectivity index (χ4n) is 3.92. The van der Waals surface area contributed by atoms with Crippen LogP contribution in [0.3, 0.4) is 0 Å². The molecule has 1 aromatic heterocycles. The van der Waals surface area contributed by atoms with E-state index in [2.05, 4.69) is 0 Å². The highest BCUT2D eigenvalue weighted by molar-refractivity contribution is 7.99. The zero-order valence-electron chi connectivity index (χ0n) is 16.9. The van der Waals surface area contributed by atoms with E-state index < -0.39 is 17.2 Å². The Bertz CT molecular complexity index is 1080. The van der Waals surface area contributed by atoms with Crippen molar-refractivity contribution >= 4 is 40.2 Å². The Kier molecular flexibility index (Phi) is 6.19. The number of pyridine rings is 1. The molecule has 2 fully saturated rings. The van der Waals surface area contributed by atoms with Gasteiger partial charge in [-0.2, -0.15) is 0 Å². The summed E-state index contributed by atoms with van der Waals surface area (Å²) in [6.45, 7) is 1.87. The predicted molar refractivity (Wildman–Crippen MR) is 117 cm³/mol. The summed E-state index contributed by atoms with van der Waals surface area (Å²) in [5.74, 6) is -1.07. The molecule has 4 rings (SSSR count). The zero-order chi connectivity index (χ0) is 22.1. The summed E-state index contributed by atoms with van der Waals surface area (Å²) in [6, 6.07) is 2.89. The Hall–Kier alpha value is -2.59. The van der Waals surface area contributed by atoms with Gasteiger partial charge in [-0.05, 0) is 25.0 Å². The van der Waals surface area contributed by atoms with Crippen LogP contribution in [0, 0.1) is 5.82 Å². The van der Waals surface area contributed by atoms with Crippen LogP contribution in [0.1, 0.15) is 29.2 Å². The summed E-state index contributed by atoms with van der Waals surface area (Å²) < 4.78 is 16.8. The second-order valence-electron chi connectivity index (χ2n) is 7.78. The van der Waals surface area contributed by atoms with Crippen LogP contribution in [0.15, 0.2) is 23.1 Å². The molecule has 2 N–H and O–H groups in total. The second-order valence-corrected chi connectivity index (χ2v) is 8.89. The number of carbonyl (C=O) groups is 2. The largest absolute Gasteiger partial charge is 0.477 e. The number of thioether (sulfide) groups is 1. The molecule has 0 bridgehead atoms. The van der Waals surface area contributed by atoms with Gasteiger partial charge in [0.05, 0.1) is 23.6 Å². The average Bonchev–Trinajstić information content (AvgIpc) is 3.59. The van der Waals surface area contributed by atoms with E-state index >= 15 is 0 Å². The summed E-state index contributed by atoms with van der Waals surface area (Å²) >= 11 is 1.38. The molecule has 166 valence electrons. The van der Waals surface area contributed by atoms with Crippen molar-refractivity contribution in [1.82, 2.24) is 9.47 Å². The number of aromatic carboxylic acids is 1. The van der Waals surface area contributed by atoms with E-state index in [4.69, 9.17) is 5.11 Å². The Morgan fingerprint density at radius 1 is 1.16 bits per heavy atom. The van der Waals surface area contributed by atoms with Crippen LogP contribution in [-0.4, -0.2) is 75.8 Å². The maximum atomic E-state index is 15.0. The van der Waals surface area contributed by atoms with Gasteiger partial charge in [-0.15, -0.1) is 11.8 Å². The molecule has 31 heavy (non-hydrogen) atoms. The number of rotatable bonds is 7. The van der Waals surface area contributed by atoms with Crippen molar-refractivity contribution in [3.05, 3.63) is 39.9 Å². The van der Waals surface area contributed by atoms with Gasteiger partial charge in [0.1, 0.15) is 11.4 Å². The summed E-state index contributed by atoms with van der Waals surface area (Å²) in [4.78, 5) is 39.9. The molecule has 1 amide bonds. The molecule has 2 heterocycles. The lowest BCUT2D eigenvalue weighted by Gasteiger charge is -2.36. The van der Waals surface area contributed by atoms with E-state index in [-0.39, 0.29) is 29.5 Å². The van der Waals surface area contributed by atoms with Gasteiger partial charge >= 0.3 is 5.97 Å². The number of halogens is 1. The summed E-state index contributed by atoms with van der Waals surface area (Å²) in [5.41, 5.74) is -0.141. The van der Waals surface area contributed by atoms with Crippen molar-refractivity contribution in [2.75, 3.05) is 49.2 Å². The first kappa shape index (κ1) is 21.6. The number of aliphatic hydroxyl groups excluding tert-OH is 1. The molecule has 0 radical (unpaired) electrons. The average molecular weight is 450 g/mol. The molecule has 1 aromatic carbocycles. The number of benzene rings is 1. The van der Waals surface area contributed by atoms with E-state index in [1.54, 1.807) is 15.5 Å². The van der Waals surface area contributed by atoms with Crippen LogP contribution in [0.5, 0.6) is 0 Å². The minimum Gasteiger partial charge on any atom is -0.477 e. The number of anilines is 1. The number of fused-ring (bicyclic) bond motifs is 1. The lowest BCUT2D eigenvalue weighted by molar-refractivity contribution is -0.128. The molecule has 1 aliphatic heterocycles. The Labute approximate surface area is 182 Å². The van der Waals surface area contributed by atoms with Crippen molar-refractivity contribution in [2.24, 2.45) is 0 Å². The van der Waals surface area contributed by atoms with Gasteiger partial charge in [0.2, 0.25) is 11.3 Å². The lowest BCUT2D eigenvalue weighted by atomic mass is 10.1. The maximum Gasteiger partial charge on any atom is 0.341 e. The topological polar surface area (TPSA) is 103 Å². The number of carboxylic acid groups (broad SMARTS) is 1. The molecule has 2 aliphatic rings. The maximum absolute atomic E-state index is 15.0. The Morgan fingerprint density at radius 2 is 1.87 bits per heavy atom. The van der Waals surface area contributed by atoms with Crippen molar-refractivity contribution in [2.45, 2.75) is 18.9 Å². The van der Waals surface area contributed by atoms with Crippen LogP contribution in [0.25, 0.3) is 10.9 Å². The van der Waals surface area contributed by atoms with Crippen LogP contribution in [0.4, 0.5) is 10.1 Å². The quantitative estimate of drug-likeness (QED) is 0.618. The monoisotopic (exact) mass is 449 g/mol. The number of piperazine rings is 1. The van der Waals surface area contributed by atoms with Gasteiger partial charge in [0.15, 0.2) is 0 Å². The van der Waals surface area contributed by atoms with Crippen LogP contribution < -0.4 is 10.3 Å². The van der Waals surface area contributed by atoms with Crippen LogP contribution in [-0.2, 0) is 4.79 Å². The van der Waals surface area contributed by atoms with E-state index in [1.165, 1.54) is 18.0 Å². The van der Waals surface area contributed by atoms with Gasteiger partial charge < -0.3 is 24.6 Å². The smallest absolute Gasteiger partial charge is 0.341 e. The number of aliphatic hydroxyl groups is 1. The third-order valence-corrected chi connectivity index (χ3v) is 6.63. The number of aromatic nitrogens is 1. The molecule has 0 unspecified atom stereocenters. The first-order chi connectivity index (χ1) is 14.9. The Balaban J connectivity index is 1.59. The normalized spacial score (nSPS) is 16.7. The number of amides is 1. The summed E-state index contributed by atoms with van der Waals surface area (Å²) in [7, 11) is 0. The highest BCUT2D eigenvalue weighted by atomic mass is 32.2. The molecule has 10 heteroatoms. The van der Waals surface area contributed by atoms with Crippen molar-refractivity contribution in [1.29, 1.82) is 0 Å². The third-order valence-electron chi connectivity index (χ3n) is 5.71. The minimum atomic E-state index is -1.32. The SMILES string of the molecule is O=C(O)c1cn(C2CC2)c2cc(N3CCN(C(=O)CSCCO)CC3)c(F)cc2c1=O. The fourth-order valence-corrected chi connectivity index (χ4v) is 4.55. The summed E-state index contributed by atoms with van der Waals surface area (Å²) in [6.07, 6.45) is 3.14. The van der Waals surface area contributed by atoms with Crippen LogP contribution >= 0.6 is 11.8 Å². The molecule has 8 nitrogen and oxygen atoms in total. The molecular weight excluding hydrogens is 425 g/mol. The number of carbonyl (C=O) groups excluding carboxylic acids is 1. The molecule has 1 saturated heterocycles. The second kappa shape index (κ2) is 8.88. The molecule has 0 spiro atoms. The van der Waals surface area contributed by atoms with Gasteiger partial charge in [0.25, 0.3) is 0 Å². The fraction of sp³-hybridized carbons (Fsp3) is 0.476. The zero-order valence-corrected chi connectivity index (χ0v) is 17.7. The number of nitrogens with zero attached hydrogens (tertiary/aromatic N) is 3. The first-order valence-electron chi connectivity index (χ1n) is 10.2. The number of carboxylic acids is 1. The minimum absolute atomic E-state index is 0.000792. The molecule has 1 aliphatic carbocycles. The van der Waals surface area contributed by atoms with Gasteiger partial charge in [0, 0.05) is 49.6 Å². The molecule has 0 atom stereocenters. The number of hydrogen-bond acceptors (Lipinski definition) is 6. The van der Waals surface area contributed by atoms with Gasteiger partial charge in [-0.1, -0.05) is 0 Å². The lowest BCUT2D eigenvalue weighted by Crippen LogP contribution is -2.49. The van der Waals surface area contributed by atoms with E-state index in [0.29, 0.717) is 48.9 Å². The highest BCUT2D eigenvalue weighted by Gasteiger charge is 2.29. The molecular formula is C21H24FN3O5S. The van der Waals surface area contributed by atoms with E-state index in [1.807, 2.05) is 4.90 Å². The standard InChI is InChI=1S/C21H24FN3O5S/c22-16-9-14-17(25(13-1-2-13)11-15(20(14)28)21(29)30)10-18(16)23-3-5-24(6-4-23)19(27)12-31-8-7-26/h9-11,13,26H,1-8,12H2,(H,29,30). The van der Waals surface area contributed by atoms with Crippen molar-refractivity contribution in [3.8, 4) is 0 Å². The highest BCUT2D eigenvalue weighted by Crippen LogP contribution is 2.38. The van der Waals surface area contributed by atoms with Gasteiger partial charge in [-0.25, -0.2) is 9.18 Å².